The predicted octanol–water partition coefficient (Wildman–Crippen LogP) is 2.12. The first-order valence-electron chi connectivity index (χ1n) is 1.45. The van der Waals surface area contributed by atoms with Crippen LogP contribution in [0.25, 0.3) is 0 Å². The van der Waals surface area contributed by atoms with Crippen molar-refractivity contribution < 1.29 is 0 Å². The van der Waals surface area contributed by atoms with Gasteiger partial charge in [0.25, 0.3) is 0 Å². The van der Waals surface area contributed by atoms with Crippen molar-refractivity contribution in [1.29, 1.82) is 0 Å². The zero-order valence-electron chi connectivity index (χ0n) is 3.40. The monoisotopic (exact) mass is 199 g/mol. The minimum atomic E-state index is 0.247. The van der Waals surface area contributed by atoms with Crippen molar-refractivity contribution in [2.45, 2.75) is 6.82 Å². The smallest absolute Gasteiger partial charge is 0.0870 e. The molecule has 0 nitrogen and oxygen atoms in total. The largest absolute Gasteiger partial charge is 0.156 e. The van der Waals surface area contributed by atoms with E-state index in [9.17, 15) is 0 Å². The van der Waals surface area contributed by atoms with Crippen LogP contribution in [0.15, 0.2) is 0 Å². The van der Waals surface area contributed by atoms with E-state index in [1.165, 1.54) is 0 Å². The lowest BCUT2D eigenvalue weighted by Crippen LogP contribution is -1.63. The summed E-state index contributed by atoms with van der Waals surface area (Å²) in [6, 6.07) is 0. The lowest BCUT2D eigenvalue weighted by Gasteiger charge is -1.87. The summed E-state index contributed by atoms with van der Waals surface area (Å²) in [6.07, 6.45) is 0. The topological polar surface area (TPSA) is 0 Å². The lowest BCUT2D eigenvalue weighted by atomic mass is 10.2. The number of hydrogen-bond donors (Lipinski definition) is 0. The standard InChI is InChI=1S/C2H6BIP/c1-3-5(2)4/h1-2H3. The molecule has 5 heavy (non-hydrogen) atoms. The van der Waals surface area contributed by atoms with Crippen molar-refractivity contribution in [3.8, 4) is 0 Å². The highest BCUT2D eigenvalue weighted by Gasteiger charge is 1.84. The third-order valence-electron chi connectivity index (χ3n) is 0.356. The second-order valence-corrected chi connectivity index (χ2v) is 6.91. The summed E-state index contributed by atoms with van der Waals surface area (Å²) < 4.78 is 0. The van der Waals surface area contributed by atoms with Crippen molar-refractivity contribution in [2.75, 3.05) is 6.66 Å². The Labute approximate surface area is 48.2 Å². The van der Waals surface area contributed by atoms with Gasteiger partial charge >= 0.3 is 0 Å². The molecule has 0 saturated heterocycles. The van der Waals surface area contributed by atoms with E-state index < -0.39 is 0 Å². The van der Waals surface area contributed by atoms with Gasteiger partial charge in [-0.1, -0.05) is 34.3 Å². The molecule has 0 heterocycles. The summed E-state index contributed by atoms with van der Waals surface area (Å²) in [6.45, 7) is 6.53. The van der Waals surface area contributed by atoms with Crippen LogP contribution in [-0.4, -0.2) is 13.7 Å². The first kappa shape index (κ1) is 6.22. The van der Waals surface area contributed by atoms with Gasteiger partial charge in [0.1, 0.15) is 0 Å². The average molecular weight is 199 g/mol. The Morgan fingerprint density at radius 3 is 2.00 bits per heavy atom. The highest BCUT2D eigenvalue weighted by atomic mass is 127. The van der Waals surface area contributed by atoms with Crippen molar-refractivity contribution >= 4 is 34.5 Å². The van der Waals surface area contributed by atoms with E-state index in [2.05, 4.69) is 42.5 Å². The SMILES string of the molecule is C[B]P(C)I. The van der Waals surface area contributed by atoms with E-state index in [1.807, 2.05) is 0 Å². The van der Waals surface area contributed by atoms with Crippen molar-refractivity contribution in [3.63, 3.8) is 0 Å². The number of hydrogen-bond acceptors (Lipinski definition) is 0. The number of rotatable bonds is 1. The maximum absolute atomic E-state index is 2.42. The quantitative estimate of drug-likeness (QED) is 0.344. The highest BCUT2D eigenvalue weighted by Crippen LogP contribution is 2.37. The van der Waals surface area contributed by atoms with Crippen LogP contribution in [-0.2, 0) is 0 Å². The van der Waals surface area contributed by atoms with E-state index in [-0.39, 0.29) is 5.44 Å². The molecule has 1 radical (unpaired) electrons. The Morgan fingerprint density at radius 2 is 2.00 bits per heavy atom. The molecule has 0 aromatic carbocycles. The molecule has 0 N–H and O–H groups in total. The predicted molar refractivity (Wildman–Crippen MR) is 38.5 cm³/mol. The third-order valence-corrected chi connectivity index (χ3v) is 2.74. The van der Waals surface area contributed by atoms with E-state index in [0.29, 0.717) is 0 Å². The van der Waals surface area contributed by atoms with Crippen molar-refractivity contribution in [2.24, 2.45) is 0 Å². The molecule has 0 rings (SSSR count). The normalized spacial score (nSPS) is 14.2. The van der Waals surface area contributed by atoms with Crippen LogP contribution in [0.4, 0.5) is 0 Å². The molecule has 0 aliphatic carbocycles. The summed E-state index contributed by atoms with van der Waals surface area (Å²) in [5.41, 5.74) is 0.247. The zero-order valence-corrected chi connectivity index (χ0v) is 6.45. The summed E-state index contributed by atoms with van der Waals surface area (Å²) in [7, 11) is 0. The third kappa shape index (κ3) is 5.22. The van der Waals surface area contributed by atoms with Gasteiger partial charge in [0, 0.05) is 0 Å². The van der Waals surface area contributed by atoms with Gasteiger partial charge in [-0.15, -0.1) is 0 Å². The van der Waals surface area contributed by atoms with Crippen LogP contribution in [0, 0.1) is 0 Å². The summed E-state index contributed by atoms with van der Waals surface area (Å²) >= 11 is 2.42. The number of halogens is 1. The fourth-order valence-corrected chi connectivity index (χ4v) is 0. The Morgan fingerprint density at radius 1 is 1.80 bits per heavy atom. The molecule has 0 bridgehead atoms. The van der Waals surface area contributed by atoms with Gasteiger partial charge in [-0.25, -0.2) is 0 Å². The molecule has 0 spiro atoms. The van der Waals surface area contributed by atoms with Crippen LogP contribution in [0.3, 0.4) is 0 Å². The van der Waals surface area contributed by atoms with Gasteiger partial charge in [0.15, 0.2) is 7.00 Å². The van der Waals surface area contributed by atoms with E-state index in [1.54, 1.807) is 0 Å². The molecular weight excluding hydrogens is 193 g/mol. The molecule has 0 saturated carbocycles. The van der Waals surface area contributed by atoms with Gasteiger partial charge in [0.05, 0.1) is 0 Å². The van der Waals surface area contributed by atoms with Crippen molar-refractivity contribution in [3.05, 3.63) is 0 Å². The Kier molecular flexibility index (Phi) is 4.25. The maximum Gasteiger partial charge on any atom is 0.156 e. The van der Waals surface area contributed by atoms with E-state index in [4.69, 9.17) is 0 Å². The van der Waals surface area contributed by atoms with Gasteiger partial charge in [-0.05, 0) is 6.66 Å². The summed E-state index contributed by atoms with van der Waals surface area (Å²) in [4.78, 5) is 0. The molecular formula is C2H6BIP. The Balaban J connectivity index is 2.54. The van der Waals surface area contributed by atoms with Gasteiger partial charge in [0.2, 0.25) is 0 Å². The molecule has 0 fully saturated rings. The summed E-state index contributed by atoms with van der Waals surface area (Å²) in [5.74, 6) is 0. The molecule has 1 atom stereocenters. The maximum atomic E-state index is 2.42. The first-order valence-corrected chi connectivity index (χ1v) is 6.10. The molecule has 0 aliphatic heterocycles. The minimum Gasteiger partial charge on any atom is -0.0870 e. The second-order valence-electron chi connectivity index (χ2n) is 0.783. The van der Waals surface area contributed by atoms with Crippen LogP contribution >= 0.6 is 27.5 Å². The Bertz CT molecular complexity index is 23.6. The highest BCUT2D eigenvalue weighted by molar-refractivity contribution is 14.2. The average Bonchev–Trinajstić information content (AvgIpc) is 1.38. The molecule has 3 heteroatoms. The van der Waals surface area contributed by atoms with Crippen molar-refractivity contribution in [1.82, 2.24) is 0 Å². The van der Waals surface area contributed by atoms with Gasteiger partial charge < -0.3 is 0 Å². The first-order chi connectivity index (χ1) is 2.27. The summed E-state index contributed by atoms with van der Waals surface area (Å²) in [5, 5.41) is 0. The molecule has 0 aromatic heterocycles. The second kappa shape index (κ2) is 3.42. The van der Waals surface area contributed by atoms with E-state index >= 15 is 0 Å². The van der Waals surface area contributed by atoms with Gasteiger partial charge in [-0.3, -0.25) is 0 Å². The molecule has 29 valence electrons. The minimum absolute atomic E-state index is 0.247. The van der Waals surface area contributed by atoms with Crippen LogP contribution in [0.5, 0.6) is 0 Å². The molecule has 0 aromatic rings. The Hall–Kier alpha value is 1.22. The molecule has 0 aliphatic rings. The van der Waals surface area contributed by atoms with Crippen LogP contribution in [0.2, 0.25) is 6.82 Å². The molecule has 1 unspecified atom stereocenters. The fraction of sp³-hybridized carbons (Fsp3) is 1.00. The molecule has 0 amide bonds. The van der Waals surface area contributed by atoms with E-state index in [0.717, 1.165) is 0 Å². The van der Waals surface area contributed by atoms with Crippen LogP contribution in [0.1, 0.15) is 0 Å². The fourth-order valence-electron chi connectivity index (χ4n) is 0. The zero-order chi connectivity index (χ0) is 4.28. The van der Waals surface area contributed by atoms with Crippen LogP contribution < -0.4 is 0 Å². The lowest BCUT2D eigenvalue weighted by molar-refractivity contribution is 2.35. The van der Waals surface area contributed by atoms with Gasteiger partial charge in [-0.2, -0.15) is 0 Å².